The molecule has 1 unspecified atom stereocenters. The van der Waals surface area contributed by atoms with Crippen LogP contribution in [-0.4, -0.2) is 36.1 Å². The van der Waals surface area contributed by atoms with Crippen molar-refractivity contribution in [1.82, 2.24) is 15.2 Å². The van der Waals surface area contributed by atoms with Crippen molar-refractivity contribution in [1.29, 1.82) is 5.26 Å². The summed E-state index contributed by atoms with van der Waals surface area (Å²) in [5, 5.41) is 12.4. The first kappa shape index (κ1) is 15.1. The normalized spacial score (nSPS) is 12.4. The maximum Gasteiger partial charge on any atom is 0.138 e. The first-order valence-corrected chi connectivity index (χ1v) is 6.97. The maximum atomic E-state index is 9.15. The fourth-order valence-corrected chi connectivity index (χ4v) is 1.92. The summed E-state index contributed by atoms with van der Waals surface area (Å²) >= 11 is 3.33. The van der Waals surface area contributed by atoms with E-state index in [2.05, 4.69) is 51.0 Å². The quantitative estimate of drug-likeness (QED) is 0.840. The monoisotopic (exact) mass is 310 g/mol. The average Bonchev–Trinajstić information content (AvgIpc) is 2.41. The molecule has 1 rings (SSSR count). The van der Waals surface area contributed by atoms with Gasteiger partial charge in [-0.15, -0.1) is 0 Å². The van der Waals surface area contributed by atoms with Crippen LogP contribution < -0.4 is 5.32 Å². The summed E-state index contributed by atoms with van der Waals surface area (Å²) in [6, 6.07) is 5.67. The van der Waals surface area contributed by atoms with Crippen molar-refractivity contribution < 1.29 is 0 Å². The minimum absolute atomic E-state index is 0.339. The van der Waals surface area contributed by atoms with Gasteiger partial charge in [-0.25, -0.2) is 0 Å². The lowest BCUT2D eigenvalue weighted by molar-refractivity contribution is 0.300. The van der Waals surface area contributed by atoms with Gasteiger partial charge in [0.2, 0.25) is 0 Å². The Balaban J connectivity index is 2.48. The lowest BCUT2D eigenvalue weighted by Gasteiger charge is -2.19. The number of hydrogen-bond acceptors (Lipinski definition) is 4. The fraction of sp³-hybridized carbons (Fsp3) is 0.538. The highest BCUT2D eigenvalue weighted by Gasteiger charge is 2.11. The number of nitrogens with zero attached hydrogens (tertiary/aromatic N) is 3. The molecule has 0 saturated heterocycles. The molecule has 1 aromatic heterocycles. The largest absolute Gasteiger partial charge is 0.303 e. The number of likely N-dealkylation sites (N-methyl/N-ethyl adjacent to an activating group) is 1. The number of rotatable bonds is 7. The molecule has 0 radical (unpaired) electrons. The number of halogens is 1. The van der Waals surface area contributed by atoms with Gasteiger partial charge in [-0.2, -0.15) is 5.26 Å². The Bertz CT molecular complexity index is 381. The van der Waals surface area contributed by atoms with E-state index in [4.69, 9.17) is 5.26 Å². The molecule has 4 nitrogen and oxygen atoms in total. The topological polar surface area (TPSA) is 52.0 Å². The van der Waals surface area contributed by atoms with Crippen molar-refractivity contribution in [2.24, 2.45) is 0 Å². The van der Waals surface area contributed by atoms with E-state index in [1.165, 1.54) is 0 Å². The fourth-order valence-electron chi connectivity index (χ4n) is 1.68. The summed E-state index contributed by atoms with van der Waals surface area (Å²) in [6.07, 6.45) is 1.71. The SMILES string of the molecule is CCN(CC)CCNC(C#N)c1ccc(Br)cn1. The molecule has 0 spiro atoms. The van der Waals surface area contributed by atoms with Crippen molar-refractivity contribution >= 4 is 15.9 Å². The zero-order valence-corrected chi connectivity index (χ0v) is 12.4. The third-order valence-corrected chi connectivity index (χ3v) is 3.32. The van der Waals surface area contributed by atoms with E-state index in [1.807, 2.05) is 12.1 Å². The molecule has 0 aliphatic carbocycles. The van der Waals surface area contributed by atoms with Gasteiger partial charge in [0.25, 0.3) is 0 Å². The van der Waals surface area contributed by atoms with E-state index in [9.17, 15) is 0 Å². The Hall–Kier alpha value is -0.960. The highest BCUT2D eigenvalue weighted by molar-refractivity contribution is 9.10. The first-order valence-electron chi connectivity index (χ1n) is 6.18. The molecule has 1 aromatic rings. The molecule has 1 heterocycles. The van der Waals surface area contributed by atoms with Gasteiger partial charge in [0.1, 0.15) is 6.04 Å². The standard InChI is InChI=1S/C13H19BrN4/c1-3-18(4-2)8-7-16-13(9-15)12-6-5-11(14)10-17-12/h5-6,10,13,16H,3-4,7-8H2,1-2H3. The number of hydrogen-bond donors (Lipinski definition) is 1. The Morgan fingerprint density at radius 3 is 2.67 bits per heavy atom. The van der Waals surface area contributed by atoms with Crippen molar-refractivity contribution in [3.8, 4) is 6.07 Å². The zero-order chi connectivity index (χ0) is 13.4. The van der Waals surface area contributed by atoms with Crippen LogP contribution in [0.15, 0.2) is 22.8 Å². The van der Waals surface area contributed by atoms with Crippen molar-refractivity contribution in [3.05, 3.63) is 28.5 Å². The molecule has 98 valence electrons. The van der Waals surface area contributed by atoms with Crippen LogP contribution in [-0.2, 0) is 0 Å². The van der Waals surface area contributed by atoms with E-state index in [0.717, 1.165) is 36.3 Å². The van der Waals surface area contributed by atoms with E-state index in [0.29, 0.717) is 0 Å². The van der Waals surface area contributed by atoms with Crippen LogP contribution in [0.25, 0.3) is 0 Å². The van der Waals surface area contributed by atoms with Crippen LogP contribution in [0, 0.1) is 11.3 Å². The molecule has 0 saturated carbocycles. The number of nitriles is 1. The van der Waals surface area contributed by atoms with E-state index >= 15 is 0 Å². The Kier molecular flexibility index (Phi) is 6.88. The van der Waals surface area contributed by atoms with Gasteiger partial charge in [0.05, 0.1) is 11.8 Å². The number of pyridine rings is 1. The van der Waals surface area contributed by atoms with Crippen LogP contribution in [0.1, 0.15) is 25.6 Å². The van der Waals surface area contributed by atoms with Gasteiger partial charge in [-0.3, -0.25) is 10.3 Å². The van der Waals surface area contributed by atoms with Crippen LogP contribution in [0.3, 0.4) is 0 Å². The average molecular weight is 311 g/mol. The second kappa shape index (κ2) is 8.20. The Labute approximate surface area is 117 Å². The molecular weight excluding hydrogens is 292 g/mol. The van der Waals surface area contributed by atoms with E-state index in [-0.39, 0.29) is 6.04 Å². The predicted molar refractivity (Wildman–Crippen MR) is 76.1 cm³/mol. The number of nitrogens with one attached hydrogen (secondary N) is 1. The molecular formula is C13H19BrN4. The van der Waals surface area contributed by atoms with Crippen LogP contribution in [0.4, 0.5) is 0 Å². The summed E-state index contributed by atoms with van der Waals surface area (Å²) in [4.78, 5) is 6.56. The lowest BCUT2D eigenvalue weighted by Crippen LogP contribution is -2.33. The summed E-state index contributed by atoms with van der Waals surface area (Å²) < 4.78 is 0.922. The third-order valence-electron chi connectivity index (χ3n) is 2.85. The first-order chi connectivity index (χ1) is 8.71. The van der Waals surface area contributed by atoms with Gasteiger partial charge in [0, 0.05) is 23.8 Å². The Morgan fingerprint density at radius 2 is 2.17 bits per heavy atom. The second-order valence-electron chi connectivity index (χ2n) is 3.94. The molecule has 1 N–H and O–H groups in total. The Morgan fingerprint density at radius 1 is 1.44 bits per heavy atom. The second-order valence-corrected chi connectivity index (χ2v) is 4.86. The highest BCUT2D eigenvalue weighted by atomic mass is 79.9. The van der Waals surface area contributed by atoms with Crippen LogP contribution >= 0.6 is 15.9 Å². The molecule has 0 bridgehead atoms. The van der Waals surface area contributed by atoms with Gasteiger partial charge < -0.3 is 4.90 Å². The number of aromatic nitrogens is 1. The molecule has 1 atom stereocenters. The molecule has 0 fully saturated rings. The molecule has 0 aromatic carbocycles. The molecule has 0 aliphatic rings. The van der Waals surface area contributed by atoms with Gasteiger partial charge in [-0.05, 0) is 41.2 Å². The van der Waals surface area contributed by atoms with Crippen LogP contribution in [0.5, 0.6) is 0 Å². The van der Waals surface area contributed by atoms with E-state index < -0.39 is 0 Å². The summed E-state index contributed by atoms with van der Waals surface area (Å²) in [7, 11) is 0. The summed E-state index contributed by atoms with van der Waals surface area (Å²) in [5.41, 5.74) is 0.764. The minimum atomic E-state index is -0.339. The summed E-state index contributed by atoms with van der Waals surface area (Å²) in [6.45, 7) is 8.08. The smallest absolute Gasteiger partial charge is 0.138 e. The van der Waals surface area contributed by atoms with Crippen molar-refractivity contribution in [2.45, 2.75) is 19.9 Å². The molecule has 18 heavy (non-hydrogen) atoms. The highest BCUT2D eigenvalue weighted by Crippen LogP contribution is 2.12. The molecule has 0 amide bonds. The lowest BCUT2D eigenvalue weighted by atomic mass is 10.2. The third kappa shape index (κ3) is 4.73. The van der Waals surface area contributed by atoms with E-state index in [1.54, 1.807) is 6.20 Å². The van der Waals surface area contributed by atoms with Crippen LogP contribution in [0.2, 0.25) is 0 Å². The zero-order valence-electron chi connectivity index (χ0n) is 10.9. The van der Waals surface area contributed by atoms with Crippen molar-refractivity contribution in [2.75, 3.05) is 26.2 Å². The van der Waals surface area contributed by atoms with Crippen molar-refractivity contribution in [3.63, 3.8) is 0 Å². The molecule has 0 aliphatic heterocycles. The van der Waals surface area contributed by atoms with Gasteiger partial charge in [-0.1, -0.05) is 13.8 Å². The molecule has 5 heteroatoms. The van der Waals surface area contributed by atoms with Gasteiger partial charge in [0.15, 0.2) is 0 Å². The minimum Gasteiger partial charge on any atom is -0.303 e. The summed E-state index contributed by atoms with van der Waals surface area (Å²) in [5.74, 6) is 0. The predicted octanol–water partition coefficient (Wildman–Crippen LogP) is 2.34. The van der Waals surface area contributed by atoms with Gasteiger partial charge >= 0.3 is 0 Å². The maximum absolute atomic E-state index is 9.15.